The van der Waals surface area contributed by atoms with Crippen LogP contribution in [0.25, 0.3) is 0 Å². The van der Waals surface area contributed by atoms with Gasteiger partial charge in [0.2, 0.25) is 5.91 Å². The summed E-state index contributed by atoms with van der Waals surface area (Å²) in [6, 6.07) is 0. The van der Waals surface area contributed by atoms with E-state index >= 15 is 0 Å². The highest BCUT2D eigenvalue weighted by Gasteiger charge is 2.33. The van der Waals surface area contributed by atoms with Crippen LogP contribution in [0.4, 0.5) is 0 Å². The Morgan fingerprint density at radius 3 is 2.93 bits per heavy atom. The quantitative estimate of drug-likeness (QED) is 0.575. The van der Waals surface area contributed by atoms with Crippen LogP contribution in [-0.4, -0.2) is 37.3 Å². The molecule has 1 rings (SSSR count). The Bertz CT molecular complexity index is 201. The molecule has 1 saturated heterocycles. The first kappa shape index (κ1) is 12.5. The molecule has 0 saturated carbocycles. The van der Waals surface area contributed by atoms with Crippen molar-refractivity contribution in [1.82, 2.24) is 10.6 Å². The predicted molar refractivity (Wildman–Crippen MR) is 59.5 cm³/mol. The van der Waals surface area contributed by atoms with Crippen molar-refractivity contribution in [1.29, 1.82) is 0 Å². The molecule has 0 aliphatic carbocycles. The van der Waals surface area contributed by atoms with E-state index in [1.807, 2.05) is 6.92 Å². The molecule has 4 heteroatoms. The topological polar surface area (TPSA) is 61.4 Å². The predicted octanol–water partition coefficient (Wildman–Crippen LogP) is 0.265. The van der Waals surface area contributed by atoms with Gasteiger partial charge in [0.25, 0.3) is 0 Å². The normalized spacial score (nSPS) is 26.3. The number of carbonyl (C=O) groups excluding carboxylic acids is 1. The fourth-order valence-electron chi connectivity index (χ4n) is 1.90. The third-order valence-corrected chi connectivity index (χ3v) is 3.02. The second kappa shape index (κ2) is 6.08. The van der Waals surface area contributed by atoms with Crippen LogP contribution < -0.4 is 10.6 Å². The summed E-state index contributed by atoms with van der Waals surface area (Å²) >= 11 is 0. The molecule has 1 aliphatic rings. The highest BCUT2D eigenvalue weighted by Crippen LogP contribution is 2.25. The third kappa shape index (κ3) is 3.80. The largest absolute Gasteiger partial charge is 0.396 e. The number of amides is 1. The molecule has 0 aromatic carbocycles. The highest BCUT2D eigenvalue weighted by molar-refractivity contribution is 5.82. The van der Waals surface area contributed by atoms with Crippen molar-refractivity contribution in [3.63, 3.8) is 0 Å². The molecule has 3 N–H and O–H groups in total. The second-order valence-corrected chi connectivity index (χ2v) is 4.53. The zero-order chi connectivity index (χ0) is 11.1. The molecular formula is C11H22N2O2. The van der Waals surface area contributed by atoms with Crippen LogP contribution in [0.5, 0.6) is 0 Å². The fourth-order valence-corrected chi connectivity index (χ4v) is 1.90. The smallest absolute Gasteiger partial charge is 0.227 e. The zero-order valence-electron chi connectivity index (χ0n) is 9.51. The second-order valence-electron chi connectivity index (χ2n) is 4.53. The molecule has 1 unspecified atom stereocenters. The first-order chi connectivity index (χ1) is 7.19. The first-order valence-electron chi connectivity index (χ1n) is 5.79. The molecule has 1 atom stereocenters. The summed E-state index contributed by atoms with van der Waals surface area (Å²) in [5.74, 6) is 0.146. The van der Waals surface area contributed by atoms with E-state index in [1.54, 1.807) is 0 Å². The van der Waals surface area contributed by atoms with Gasteiger partial charge >= 0.3 is 0 Å². The van der Waals surface area contributed by atoms with Crippen molar-refractivity contribution in [3.8, 4) is 0 Å². The average Bonchev–Trinajstić information content (AvgIpc) is 2.25. The molecule has 0 bridgehead atoms. The van der Waals surface area contributed by atoms with Crippen molar-refractivity contribution in [2.45, 2.75) is 32.6 Å². The molecule has 0 radical (unpaired) electrons. The lowest BCUT2D eigenvalue weighted by Crippen LogP contribution is -2.48. The van der Waals surface area contributed by atoms with Gasteiger partial charge in [0, 0.05) is 19.7 Å². The summed E-state index contributed by atoms with van der Waals surface area (Å²) < 4.78 is 0. The Hall–Kier alpha value is -0.610. The van der Waals surface area contributed by atoms with Gasteiger partial charge in [-0.05, 0) is 39.2 Å². The minimum atomic E-state index is -0.239. The van der Waals surface area contributed by atoms with Gasteiger partial charge in [0.05, 0.1) is 5.41 Å². The minimum Gasteiger partial charge on any atom is -0.396 e. The van der Waals surface area contributed by atoms with Crippen LogP contribution >= 0.6 is 0 Å². The van der Waals surface area contributed by atoms with E-state index in [9.17, 15) is 4.79 Å². The Morgan fingerprint density at radius 1 is 1.53 bits per heavy atom. The molecule has 0 aromatic heterocycles. The number of nitrogens with one attached hydrogen (secondary N) is 2. The third-order valence-electron chi connectivity index (χ3n) is 3.02. The lowest BCUT2D eigenvalue weighted by atomic mass is 9.82. The Balaban J connectivity index is 2.25. The van der Waals surface area contributed by atoms with E-state index in [0.717, 1.165) is 38.8 Å². The fraction of sp³-hybridized carbons (Fsp3) is 0.909. The Labute approximate surface area is 91.4 Å². The van der Waals surface area contributed by atoms with E-state index in [4.69, 9.17) is 5.11 Å². The van der Waals surface area contributed by atoms with Gasteiger partial charge in [0.1, 0.15) is 0 Å². The van der Waals surface area contributed by atoms with Crippen LogP contribution in [0.15, 0.2) is 0 Å². The van der Waals surface area contributed by atoms with E-state index < -0.39 is 0 Å². The maximum Gasteiger partial charge on any atom is 0.227 e. The number of aliphatic hydroxyl groups excluding tert-OH is 1. The number of hydrogen-bond acceptors (Lipinski definition) is 3. The van der Waals surface area contributed by atoms with Gasteiger partial charge < -0.3 is 15.7 Å². The number of carbonyl (C=O) groups is 1. The molecule has 1 aliphatic heterocycles. The number of unbranched alkanes of at least 4 members (excludes halogenated alkanes) is 1. The van der Waals surface area contributed by atoms with Crippen LogP contribution in [-0.2, 0) is 4.79 Å². The molecule has 88 valence electrons. The number of hydrogen-bond donors (Lipinski definition) is 3. The molecule has 0 spiro atoms. The molecule has 1 fully saturated rings. The standard InChI is InChI=1S/C11H22N2O2/c1-11(5-4-6-12-9-11)10(15)13-7-2-3-8-14/h12,14H,2-9H2,1H3,(H,13,15). The molecular weight excluding hydrogens is 192 g/mol. The summed E-state index contributed by atoms with van der Waals surface area (Å²) in [6.07, 6.45) is 3.65. The van der Waals surface area contributed by atoms with Gasteiger partial charge in [0.15, 0.2) is 0 Å². The lowest BCUT2D eigenvalue weighted by molar-refractivity contribution is -0.131. The van der Waals surface area contributed by atoms with Crippen molar-refractivity contribution in [3.05, 3.63) is 0 Å². The van der Waals surface area contributed by atoms with Crippen LogP contribution in [0.2, 0.25) is 0 Å². The van der Waals surface area contributed by atoms with Crippen LogP contribution in [0.3, 0.4) is 0 Å². The molecule has 15 heavy (non-hydrogen) atoms. The van der Waals surface area contributed by atoms with Gasteiger partial charge in [-0.2, -0.15) is 0 Å². The molecule has 1 heterocycles. The number of aliphatic hydroxyl groups is 1. The summed E-state index contributed by atoms with van der Waals surface area (Å²) in [5, 5.41) is 14.8. The summed E-state index contributed by atoms with van der Waals surface area (Å²) in [6.45, 7) is 4.69. The summed E-state index contributed by atoms with van der Waals surface area (Å²) in [4.78, 5) is 11.9. The lowest BCUT2D eigenvalue weighted by Gasteiger charge is -2.32. The molecule has 0 aromatic rings. The highest BCUT2D eigenvalue weighted by atomic mass is 16.2. The number of piperidine rings is 1. The van der Waals surface area contributed by atoms with E-state index in [-0.39, 0.29) is 17.9 Å². The van der Waals surface area contributed by atoms with Crippen molar-refractivity contribution in [2.75, 3.05) is 26.2 Å². The van der Waals surface area contributed by atoms with Gasteiger partial charge in [-0.15, -0.1) is 0 Å². The van der Waals surface area contributed by atoms with Crippen LogP contribution in [0, 0.1) is 5.41 Å². The van der Waals surface area contributed by atoms with E-state index in [2.05, 4.69) is 10.6 Å². The van der Waals surface area contributed by atoms with Gasteiger partial charge in [-0.1, -0.05) is 0 Å². The van der Waals surface area contributed by atoms with Crippen molar-refractivity contribution < 1.29 is 9.90 Å². The average molecular weight is 214 g/mol. The van der Waals surface area contributed by atoms with Crippen LogP contribution in [0.1, 0.15) is 32.6 Å². The monoisotopic (exact) mass is 214 g/mol. The number of rotatable bonds is 5. The summed E-state index contributed by atoms with van der Waals surface area (Å²) in [7, 11) is 0. The minimum absolute atomic E-state index is 0.146. The van der Waals surface area contributed by atoms with E-state index in [0.29, 0.717) is 6.54 Å². The Morgan fingerprint density at radius 2 is 2.33 bits per heavy atom. The Kier molecular flexibility index (Phi) is 5.05. The zero-order valence-corrected chi connectivity index (χ0v) is 9.51. The van der Waals surface area contributed by atoms with Gasteiger partial charge in [-0.25, -0.2) is 0 Å². The maximum atomic E-state index is 11.9. The van der Waals surface area contributed by atoms with Gasteiger partial charge in [-0.3, -0.25) is 4.79 Å². The molecule has 4 nitrogen and oxygen atoms in total. The summed E-state index contributed by atoms with van der Waals surface area (Å²) in [5.41, 5.74) is -0.239. The maximum absolute atomic E-state index is 11.9. The van der Waals surface area contributed by atoms with Crippen molar-refractivity contribution in [2.24, 2.45) is 5.41 Å². The SMILES string of the molecule is CC1(C(=O)NCCCCO)CCCNC1. The van der Waals surface area contributed by atoms with Crippen molar-refractivity contribution >= 4 is 5.91 Å². The first-order valence-corrected chi connectivity index (χ1v) is 5.79. The molecule has 1 amide bonds. The van der Waals surface area contributed by atoms with E-state index in [1.165, 1.54) is 0 Å².